The van der Waals surface area contributed by atoms with Gasteiger partial charge in [-0.05, 0) is 25.2 Å². The fraction of sp³-hybridized carbons (Fsp3) is 0.857. The minimum Gasteiger partial charge on any atom is -0.481 e. The maximum Gasteiger partial charge on any atom is 0.308 e. The van der Waals surface area contributed by atoms with Crippen LogP contribution in [-0.4, -0.2) is 47.1 Å². The molecule has 1 aliphatic heterocycles. The lowest BCUT2D eigenvalue weighted by Crippen LogP contribution is -2.53. The molecule has 2 fully saturated rings. The molecule has 19 heavy (non-hydrogen) atoms. The van der Waals surface area contributed by atoms with Gasteiger partial charge in [-0.3, -0.25) is 9.59 Å². The average Bonchev–Trinajstić information content (AvgIpc) is 3.11. The summed E-state index contributed by atoms with van der Waals surface area (Å²) in [5.74, 6) is -0.818. The van der Waals surface area contributed by atoms with Gasteiger partial charge in [-0.15, -0.1) is 0 Å². The first kappa shape index (κ1) is 14.3. The molecule has 0 spiro atoms. The Morgan fingerprint density at radius 3 is 2.47 bits per heavy atom. The number of amides is 1. The Bertz CT molecular complexity index is 353. The quantitative estimate of drug-likeness (QED) is 0.783. The Labute approximate surface area is 114 Å². The molecule has 2 rings (SSSR count). The Balaban J connectivity index is 1.96. The van der Waals surface area contributed by atoms with Gasteiger partial charge >= 0.3 is 5.97 Å². The average molecular weight is 268 g/mol. The molecule has 1 heterocycles. The normalized spacial score (nSPS) is 27.6. The van der Waals surface area contributed by atoms with E-state index in [9.17, 15) is 14.7 Å². The molecule has 2 aliphatic rings. The van der Waals surface area contributed by atoms with Gasteiger partial charge in [-0.25, -0.2) is 0 Å². The summed E-state index contributed by atoms with van der Waals surface area (Å²) in [4.78, 5) is 25.1. The Morgan fingerprint density at radius 2 is 1.95 bits per heavy atom. The number of carboxylic acid groups (broad SMARTS) is 1. The SMILES string of the molecule is CC(C)CC(=O)N1CC(NC2CC2)CC(C(=O)O)C1. The number of carbonyl (C=O) groups is 2. The van der Waals surface area contributed by atoms with Crippen molar-refractivity contribution in [1.82, 2.24) is 10.2 Å². The number of hydrogen-bond acceptors (Lipinski definition) is 3. The lowest BCUT2D eigenvalue weighted by atomic mass is 9.93. The molecule has 2 unspecified atom stereocenters. The van der Waals surface area contributed by atoms with Crippen molar-refractivity contribution >= 4 is 11.9 Å². The number of aliphatic carboxylic acids is 1. The van der Waals surface area contributed by atoms with Gasteiger partial charge in [0, 0.05) is 31.6 Å². The standard InChI is InChI=1S/C14H24N2O3/c1-9(2)5-13(17)16-7-10(14(18)19)6-12(8-16)15-11-3-4-11/h9-12,15H,3-8H2,1-2H3,(H,18,19). The minimum absolute atomic E-state index is 0.0866. The third-order valence-corrected chi connectivity index (χ3v) is 3.78. The Kier molecular flexibility index (Phi) is 4.45. The maximum absolute atomic E-state index is 12.1. The van der Waals surface area contributed by atoms with Crippen molar-refractivity contribution in [3.63, 3.8) is 0 Å². The van der Waals surface area contributed by atoms with Crippen LogP contribution in [0, 0.1) is 11.8 Å². The first-order valence-electron chi connectivity index (χ1n) is 7.22. The van der Waals surface area contributed by atoms with Gasteiger partial charge in [-0.1, -0.05) is 13.8 Å². The summed E-state index contributed by atoms with van der Waals surface area (Å²) < 4.78 is 0. The number of nitrogens with one attached hydrogen (secondary N) is 1. The third kappa shape index (κ3) is 4.20. The van der Waals surface area contributed by atoms with Crippen LogP contribution < -0.4 is 5.32 Å². The van der Waals surface area contributed by atoms with E-state index in [2.05, 4.69) is 5.32 Å². The topological polar surface area (TPSA) is 69.6 Å². The summed E-state index contributed by atoms with van der Waals surface area (Å²) in [6.07, 6.45) is 3.49. The van der Waals surface area contributed by atoms with Crippen molar-refractivity contribution in [2.45, 2.75) is 51.6 Å². The second-order valence-corrected chi connectivity index (χ2v) is 6.31. The molecule has 5 heteroatoms. The highest BCUT2D eigenvalue weighted by Gasteiger charge is 2.36. The monoisotopic (exact) mass is 268 g/mol. The van der Waals surface area contributed by atoms with Crippen molar-refractivity contribution < 1.29 is 14.7 Å². The molecule has 108 valence electrons. The highest BCUT2D eigenvalue weighted by atomic mass is 16.4. The first-order chi connectivity index (χ1) is 8.95. The molecular formula is C14H24N2O3. The van der Waals surface area contributed by atoms with Crippen molar-refractivity contribution in [3.05, 3.63) is 0 Å². The van der Waals surface area contributed by atoms with Crippen molar-refractivity contribution in [3.8, 4) is 0 Å². The largest absolute Gasteiger partial charge is 0.481 e. The van der Waals surface area contributed by atoms with Crippen LogP contribution in [0.25, 0.3) is 0 Å². The van der Waals surface area contributed by atoms with E-state index in [4.69, 9.17) is 0 Å². The summed E-state index contributed by atoms with van der Waals surface area (Å²) >= 11 is 0. The van der Waals surface area contributed by atoms with Crippen LogP contribution in [0.3, 0.4) is 0 Å². The van der Waals surface area contributed by atoms with Crippen LogP contribution in [-0.2, 0) is 9.59 Å². The van der Waals surface area contributed by atoms with Crippen molar-refractivity contribution in [1.29, 1.82) is 0 Å². The predicted octanol–water partition coefficient (Wildman–Crippen LogP) is 1.09. The highest BCUT2D eigenvalue weighted by Crippen LogP contribution is 2.24. The molecule has 1 aliphatic carbocycles. The van der Waals surface area contributed by atoms with Crippen LogP contribution in [0.1, 0.15) is 39.5 Å². The van der Waals surface area contributed by atoms with Crippen LogP contribution in [0.5, 0.6) is 0 Å². The number of likely N-dealkylation sites (tertiary alicyclic amines) is 1. The predicted molar refractivity (Wildman–Crippen MR) is 71.7 cm³/mol. The molecule has 0 radical (unpaired) electrons. The molecule has 5 nitrogen and oxygen atoms in total. The van der Waals surface area contributed by atoms with E-state index in [1.165, 1.54) is 12.8 Å². The van der Waals surface area contributed by atoms with E-state index in [0.717, 1.165) is 0 Å². The van der Waals surface area contributed by atoms with Crippen molar-refractivity contribution in [2.75, 3.05) is 13.1 Å². The number of carbonyl (C=O) groups excluding carboxylic acids is 1. The number of carboxylic acids is 1. The molecule has 1 saturated carbocycles. The van der Waals surface area contributed by atoms with E-state index >= 15 is 0 Å². The molecule has 2 atom stereocenters. The Morgan fingerprint density at radius 1 is 1.26 bits per heavy atom. The van der Waals surface area contributed by atoms with Gasteiger partial charge in [0.05, 0.1) is 5.92 Å². The zero-order valence-electron chi connectivity index (χ0n) is 11.8. The van der Waals surface area contributed by atoms with Gasteiger partial charge in [0.2, 0.25) is 5.91 Å². The third-order valence-electron chi connectivity index (χ3n) is 3.78. The van der Waals surface area contributed by atoms with E-state index in [-0.39, 0.29) is 11.9 Å². The Hall–Kier alpha value is -1.10. The van der Waals surface area contributed by atoms with Gasteiger partial charge in [-0.2, -0.15) is 0 Å². The zero-order valence-corrected chi connectivity index (χ0v) is 11.8. The number of rotatable bonds is 5. The lowest BCUT2D eigenvalue weighted by Gasteiger charge is -2.37. The molecular weight excluding hydrogens is 244 g/mol. The lowest BCUT2D eigenvalue weighted by molar-refractivity contribution is -0.146. The van der Waals surface area contributed by atoms with E-state index in [1.54, 1.807) is 4.90 Å². The minimum atomic E-state index is -0.787. The van der Waals surface area contributed by atoms with Crippen LogP contribution >= 0.6 is 0 Å². The maximum atomic E-state index is 12.1. The zero-order chi connectivity index (χ0) is 14.0. The molecule has 0 bridgehead atoms. The summed E-state index contributed by atoms with van der Waals surface area (Å²) in [5, 5.41) is 12.7. The number of hydrogen-bond donors (Lipinski definition) is 2. The molecule has 0 aromatic heterocycles. The van der Waals surface area contributed by atoms with Gasteiger partial charge < -0.3 is 15.3 Å². The van der Waals surface area contributed by atoms with Crippen LogP contribution in [0.2, 0.25) is 0 Å². The van der Waals surface area contributed by atoms with E-state index in [1.807, 2.05) is 13.8 Å². The molecule has 1 saturated heterocycles. The summed E-state index contributed by atoms with van der Waals surface area (Å²) in [6.45, 7) is 5.04. The summed E-state index contributed by atoms with van der Waals surface area (Å²) in [7, 11) is 0. The van der Waals surface area contributed by atoms with E-state index < -0.39 is 11.9 Å². The summed E-state index contributed by atoms with van der Waals surface area (Å²) in [6, 6.07) is 0.679. The first-order valence-corrected chi connectivity index (χ1v) is 7.22. The van der Waals surface area contributed by atoms with Gasteiger partial charge in [0.25, 0.3) is 0 Å². The van der Waals surface area contributed by atoms with E-state index in [0.29, 0.717) is 37.9 Å². The molecule has 2 N–H and O–H groups in total. The fourth-order valence-corrected chi connectivity index (χ4v) is 2.66. The van der Waals surface area contributed by atoms with Crippen molar-refractivity contribution in [2.24, 2.45) is 11.8 Å². The second kappa shape index (κ2) is 5.90. The van der Waals surface area contributed by atoms with Gasteiger partial charge in [0.1, 0.15) is 0 Å². The number of piperidine rings is 1. The van der Waals surface area contributed by atoms with Gasteiger partial charge in [0.15, 0.2) is 0 Å². The number of nitrogens with zero attached hydrogens (tertiary/aromatic N) is 1. The molecule has 1 amide bonds. The fourth-order valence-electron chi connectivity index (χ4n) is 2.66. The van der Waals surface area contributed by atoms with Crippen LogP contribution in [0.4, 0.5) is 0 Å². The second-order valence-electron chi connectivity index (χ2n) is 6.31. The smallest absolute Gasteiger partial charge is 0.308 e. The highest BCUT2D eigenvalue weighted by molar-refractivity contribution is 5.78. The molecule has 0 aromatic carbocycles. The van der Waals surface area contributed by atoms with Crippen LogP contribution in [0.15, 0.2) is 0 Å². The molecule has 0 aromatic rings. The summed E-state index contributed by atoms with van der Waals surface area (Å²) in [5.41, 5.74) is 0.